The van der Waals surface area contributed by atoms with E-state index < -0.39 is 22.9 Å². The van der Waals surface area contributed by atoms with Crippen LogP contribution in [0.15, 0.2) is 84.9 Å². The van der Waals surface area contributed by atoms with Crippen molar-refractivity contribution >= 4 is 23.8 Å². The Kier molecular flexibility index (Phi) is 5.77. The number of ether oxygens (including phenoxy) is 2. The van der Waals surface area contributed by atoms with Crippen LogP contribution in [0.4, 0.5) is 4.79 Å². The van der Waals surface area contributed by atoms with Crippen molar-refractivity contribution in [1.82, 2.24) is 5.32 Å². The molecule has 1 N–H and O–H groups in total. The Morgan fingerprint density at radius 1 is 0.867 bits per heavy atom. The predicted molar refractivity (Wildman–Crippen MR) is 117 cm³/mol. The third kappa shape index (κ3) is 3.78. The molecule has 0 aromatic heterocycles. The topological polar surface area (TPSA) is 64.6 Å². The molecule has 1 atom stereocenters. The Hall–Kier alpha value is -3.25. The number of carbonyl (C=O) groups excluding carboxylic acids is 2. The number of alkyl carbamates (subject to hydrolysis) is 1. The zero-order valence-electron chi connectivity index (χ0n) is 16.4. The van der Waals surface area contributed by atoms with E-state index in [2.05, 4.69) is 34.3 Å². The predicted octanol–water partition coefficient (Wildman–Crippen LogP) is 4.36. The number of cyclic esters (lactones) is 2. The second kappa shape index (κ2) is 8.63. The van der Waals surface area contributed by atoms with Gasteiger partial charge < -0.3 is 14.8 Å². The molecule has 0 bridgehead atoms. The number of thioether (sulfide) groups is 1. The largest absolute Gasteiger partial charge is 0.497 e. The molecule has 0 unspecified atom stereocenters. The molecule has 30 heavy (non-hydrogen) atoms. The Balaban J connectivity index is 1.84. The molecule has 1 heterocycles. The Labute approximate surface area is 179 Å². The van der Waals surface area contributed by atoms with Crippen LogP contribution >= 0.6 is 11.8 Å². The summed E-state index contributed by atoms with van der Waals surface area (Å²) < 4.78 is 9.42. The average Bonchev–Trinajstić information content (AvgIpc) is 3.13. The summed E-state index contributed by atoms with van der Waals surface area (Å²) in [6.07, 6.45) is -0.694. The molecule has 0 saturated carbocycles. The summed E-state index contributed by atoms with van der Waals surface area (Å²) in [6, 6.07) is 27.5. The minimum absolute atomic E-state index is 0.361. The first kappa shape index (κ1) is 20.0. The van der Waals surface area contributed by atoms with E-state index >= 15 is 0 Å². The van der Waals surface area contributed by atoms with Crippen molar-refractivity contribution in [3.8, 4) is 5.75 Å². The summed E-state index contributed by atoms with van der Waals surface area (Å²) in [7, 11) is 1.64. The van der Waals surface area contributed by atoms with Crippen molar-refractivity contribution in [1.29, 1.82) is 0 Å². The number of rotatable bonds is 7. The lowest BCUT2D eigenvalue weighted by molar-refractivity contribution is -0.134. The maximum atomic E-state index is 12.1. The number of methoxy groups -OCH3 is 1. The van der Waals surface area contributed by atoms with Crippen LogP contribution in [0, 0.1) is 0 Å². The molecule has 152 valence electrons. The number of amides is 1. The minimum atomic E-state index is -0.694. The highest BCUT2D eigenvalue weighted by Crippen LogP contribution is 2.49. The van der Waals surface area contributed by atoms with E-state index in [0.717, 1.165) is 22.4 Å². The van der Waals surface area contributed by atoms with Gasteiger partial charge in [0.2, 0.25) is 0 Å². The van der Waals surface area contributed by atoms with Crippen LogP contribution in [0.5, 0.6) is 5.75 Å². The molecule has 4 rings (SSSR count). The molecule has 5 nitrogen and oxygen atoms in total. The lowest BCUT2D eigenvalue weighted by Gasteiger charge is -2.36. The first-order chi connectivity index (χ1) is 14.6. The standard InChI is InChI=1S/C24H21NO4S/c1-28-20-14-12-19(13-15-20)24(17-8-4-2-5-9-17,18-10-6-3-7-11-18)30-16-21-22(26)29-23(27)25-21/h2-15,21H,16H2,1H3,(H,25,27)/t21-/m0/s1. The van der Waals surface area contributed by atoms with Crippen LogP contribution in [-0.2, 0) is 14.3 Å². The first-order valence-electron chi connectivity index (χ1n) is 9.55. The molecule has 3 aromatic carbocycles. The lowest BCUT2D eigenvalue weighted by atomic mass is 9.84. The smallest absolute Gasteiger partial charge is 0.415 e. The summed E-state index contributed by atoms with van der Waals surface area (Å²) in [5, 5.41) is 2.60. The van der Waals surface area contributed by atoms with Crippen LogP contribution in [0.25, 0.3) is 0 Å². The van der Waals surface area contributed by atoms with Gasteiger partial charge in [-0.05, 0) is 28.8 Å². The zero-order valence-corrected chi connectivity index (χ0v) is 17.2. The van der Waals surface area contributed by atoms with Gasteiger partial charge in [-0.3, -0.25) is 0 Å². The molecule has 6 heteroatoms. The molecule has 1 aliphatic heterocycles. The zero-order chi connectivity index (χ0) is 21.0. The molecule has 1 aliphatic rings. The fourth-order valence-corrected chi connectivity index (χ4v) is 5.18. The van der Waals surface area contributed by atoms with Gasteiger partial charge in [-0.25, -0.2) is 9.59 Å². The van der Waals surface area contributed by atoms with Crippen LogP contribution in [-0.4, -0.2) is 31.0 Å². The highest BCUT2D eigenvalue weighted by Gasteiger charge is 2.40. The van der Waals surface area contributed by atoms with Crippen molar-refractivity contribution in [3.05, 3.63) is 102 Å². The molecular formula is C24H21NO4S. The molecule has 0 aliphatic carbocycles. The van der Waals surface area contributed by atoms with E-state index in [9.17, 15) is 9.59 Å². The highest BCUT2D eigenvalue weighted by molar-refractivity contribution is 8.00. The van der Waals surface area contributed by atoms with E-state index in [0.29, 0.717) is 5.75 Å². The van der Waals surface area contributed by atoms with Crippen LogP contribution < -0.4 is 10.1 Å². The Bertz CT molecular complexity index is 983. The SMILES string of the molecule is COc1ccc(C(SC[C@@H]2NC(=O)OC2=O)(c2ccccc2)c2ccccc2)cc1. The molecule has 0 spiro atoms. The summed E-state index contributed by atoms with van der Waals surface area (Å²) in [6.45, 7) is 0. The van der Waals surface area contributed by atoms with Gasteiger partial charge in [-0.1, -0.05) is 72.8 Å². The third-order valence-electron chi connectivity index (χ3n) is 5.09. The summed E-state index contributed by atoms with van der Waals surface area (Å²) in [5.74, 6) is 0.586. The Morgan fingerprint density at radius 2 is 1.40 bits per heavy atom. The average molecular weight is 420 g/mol. The molecule has 0 radical (unpaired) electrons. The van der Waals surface area contributed by atoms with Crippen molar-refractivity contribution in [2.24, 2.45) is 0 Å². The third-order valence-corrected chi connectivity index (χ3v) is 6.73. The highest BCUT2D eigenvalue weighted by atomic mass is 32.2. The second-order valence-electron chi connectivity index (χ2n) is 6.86. The normalized spacial score (nSPS) is 16.1. The van der Waals surface area contributed by atoms with Crippen LogP contribution in [0.2, 0.25) is 0 Å². The number of carbonyl (C=O) groups is 2. The summed E-state index contributed by atoms with van der Waals surface area (Å²) in [4.78, 5) is 23.6. The number of hydrogen-bond donors (Lipinski definition) is 1. The Morgan fingerprint density at radius 3 is 1.87 bits per heavy atom. The first-order valence-corrected chi connectivity index (χ1v) is 10.5. The molecular weight excluding hydrogens is 398 g/mol. The quantitative estimate of drug-likeness (QED) is 0.350. The van der Waals surface area contributed by atoms with Crippen molar-refractivity contribution < 1.29 is 19.1 Å². The number of esters is 1. The number of benzene rings is 3. The van der Waals surface area contributed by atoms with E-state index in [1.165, 1.54) is 0 Å². The monoisotopic (exact) mass is 419 g/mol. The maximum absolute atomic E-state index is 12.1. The van der Waals surface area contributed by atoms with Gasteiger partial charge in [-0.2, -0.15) is 0 Å². The van der Waals surface area contributed by atoms with Gasteiger partial charge in [0.25, 0.3) is 0 Å². The van der Waals surface area contributed by atoms with Gasteiger partial charge in [0.15, 0.2) is 0 Å². The van der Waals surface area contributed by atoms with Crippen LogP contribution in [0.1, 0.15) is 16.7 Å². The molecule has 1 fully saturated rings. The molecule has 3 aromatic rings. The van der Waals surface area contributed by atoms with E-state index in [4.69, 9.17) is 4.74 Å². The second-order valence-corrected chi connectivity index (χ2v) is 8.09. The molecule has 1 saturated heterocycles. The van der Waals surface area contributed by atoms with Gasteiger partial charge in [0.1, 0.15) is 11.8 Å². The lowest BCUT2D eigenvalue weighted by Crippen LogP contribution is -2.35. The number of nitrogens with one attached hydrogen (secondary N) is 1. The molecule has 1 amide bonds. The van der Waals surface area contributed by atoms with Crippen molar-refractivity contribution in [2.45, 2.75) is 10.8 Å². The fraction of sp³-hybridized carbons (Fsp3) is 0.167. The summed E-state index contributed by atoms with van der Waals surface area (Å²) >= 11 is 1.59. The van der Waals surface area contributed by atoms with E-state index in [-0.39, 0.29) is 0 Å². The maximum Gasteiger partial charge on any atom is 0.415 e. The van der Waals surface area contributed by atoms with Crippen molar-refractivity contribution in [2.75, 3.05) is 12.9 Å². The van der Waals surface area contributed by atoms with E-state index in [1.54, 1.807) is 18.9 Å². The number of hydrogen-bond acceptors (Lipinski definition) is 5. The van der Waals surface area contributed by atoms with Gasteiger partial charge in [0.05, 0.1) is 11.9 Å². The fourth-order valence-electron chi connectivity index (χ4n) is 3.63. The van der Waals surface area contributed by atoms with Crippen LogP contribution in [0.3, 0.4) is 0 Å². The van der Waals surface area contributed by atoms with Crippen molar-refractivity contribution in [3.63, 3.8) is 0 Å². The summed E-state index contributed by atoms with van der Waals surface area (Å²) in [5.41, 5.74) is 3.19. The van der Waals surface area contributed by atoms with Gasteiger partial charge in [0, 0.05) is 5.75 Å². The van der Waals surface area contributed by atoms with Gasteiger partial charge >= 0.3 is 12.1 Å². The minimum Gasteiger partial charge on any atom is -0.497 e. The van der Waals surface area contributed by atoms with E-state index in [1.807, 2.05) is 60.7 Å². The van der Waals surface area contributed by atoms with Gasteiger partial charge in [-0.15, -0.1) is 11.8 Å².